The molecule has 0 spiro atoms. The summed E-state index contributed by atoms with van der Waals surface area (Å²) in [6.45, 7) is 1.20. The third kappa shape index (κ3) is 6.11. The Bertz CT molecular complexity index is 741. The maximum absolute atomic E-state index is 11.2. The van der Waals surface area contributed by atoms with Crippen molar-refractivity contribution in [1.29, 1.82) is 0 Å². The smallest absolute Gasteiger partial charge is 0.252 e. The van der Waals surface area contributed by atoms with Crippen molar-refractivity contribution in [3.05, 3.63) is 53.1 Å². The lowest BCUT2D eigenvalue weighted by Crippen LogP contribution is -2.33. The third-order valence-electron chi connectivity index (χ3n) is 3.43. The molecule has 0 fully saturated rings. The molecule has 1 unspecified atom stereocenters. The van der Waals surface area contributed by atoms with Crippen LogP contribution >= 0.6 is 11.6 Å². The lowest BCUT2D eigenvalue weighted by atomic mass is 10.2. The van der Waals surface area contributed by atoms with Crippen molar-refractivity contribution < 1.29 is 24.5 Å². The van der Waals surface area contributed by atoms with Crippen molar-refractivity contribution >= 4 is 17.5 Å². The number of halogens is 1. The fourth-order valence-electron chi connectivity index (χ4n) is 2.12. The van der Waals surface area contributed by atoms with Crippen LogP contribution in [0.1, 0.15) is 10.4 Å². The molecule has 0 aliphatic heterocycles. The molecule has 2 rings (SSSR count). The summed E-state index contributed by atoms with van der Waals surface area (Å²) in [5.74, 6) is 0.0208. The van der Waals surface area contributed by atoms with Crippen molar-refractivity contribution in [2.75, 3.05) is 26.3 Å². The van der Waals surface area contributed by atoms with Gasteiger partial charge in [-0.1, -0.05) is 23.7 Å². The first kappa shape index (κ1) is 19.8. The van der Waals surface area contributed by atoms with E-state index in [1.54, 1.807) is 24.3 Å². The first-order valence-electron chi connectivity index (χ1n) is 7.99. The Balaban J connectivity index is 1.65. The number of primary amides is 1. The summed E-state index contributed by atoms with van der Waals surface area (Å²) >= 11 is 5.97. The molecule has 1 amide bonds. The average molecular weight is 381 g/mol. The number of para-hydroxylation sites is 1. The number of aromatic hydroxyl groups is 1. The van der Waals surface area contributed by atoms with E-state index in [4.69, 9.17) is 26.8 Å². The quantitative estimate of drug-likeness (QED) is 0.465. The highest BCUT2D eigenvalue weighted by molar-refractivity contribution is 6.32. The summed E-state index contributed by atoms with van der Waals surface area (Å²) < 4.78 is 10.9. The minimum atomic E-state index is -0.729. The second-order valence-corrected chi connectivity index (χ2v) is 5.90. The van der Waals surface area contributed by atoms with Crippen molar-refractivity contribution in [3.8, 4) is 17.2 Å². The second kappa shape index (κ2) is 9.86. The normalized spacial score (nSPS) is 11.8. The molecule has 0 bridgehead atoms. The predicted octanol–water partition coefficient (Wildman–Crippen LogP) is 1.55. The van der Waals surface area contributed by atoms with Gasteiger partial charge in [-0.05, 0) is 30.3 Å². The average Bonchev–Trinajstić information content (AvgIpc) is 2.61. The molecule has 2 aromatic rings. The highest BCUT2D eigenvalue weighted by atomic mass is 35.5. The summed E-state index contributed by atoms with van der Waals surface area (Å²) in [6, 6.07) is 11.3. The fraction of sp³-hybridized carbons (Fsp3) is 0.278. The van der Waals surface area contributed by atoms with Crippen molar-refractivity contribution in [2.24, 2.45) is 5.73 Å². The Hall–Kier alpha value is -2.48. The number of nitrogens with two attached hydrogens (primary N) is 1. The number of hydrogen-bond acceptors (Lipinski definition) is 6. The zero-order chi connectivity index (χ0) is 18.9. The molecule has 26 heavy (non-hydrogen) atoms. The van der Waals surface area contributed by atoms with E-state index in [9.17, 15) is 15.0 Å². The molecule has 2 aromatic carbocycles. The van der Waals surface area contributed by atoms with Gasteiger partial charge in [-0.15, -0.1) is 0 Å². The zero-order valence-electron chi connectivity index (χ0n) is 14.0. The number of phenols is 1. The zero-order valence-corrected chi connectivity index (χ0v) is 14.8. The standard InChI is InChI=1S/C18H21ClN2O5/c19-15-3-1-2-4-17(15)26-11-12(22)10-21-7-8-25-13-5-6-16(23)14(9-13)18(20)24/h1-6,9,12,21-23H,7-8,10-11H2,(H2,20,24). The molecule has 0 saturated carbocycles. The second-order valence-electron chi connectivity index (χ2n) is 5.49. The Kier molecular flexibility index (Phi) is 7.53. The van der Waals surface area contributed by atoms with Gasteiger partial charge >= 0.3 is 0 Å². The van der Waals surface area contributed by atoms with Crippen LogP contribution in [0.15, 0.2) is 42.5 Å². The molecule has 0 radical (unpaired) electrons. The highest BCUT2D eigenvalue weighted by Crippen LogP contribution is 2.23. The number of ether oxygens (including phenoxy) is 2. The van der Waals surface area contributed by atoms with Crippen LogP contribution in [-0.4, -0.2) is 48.5 Å². The lowest BCUT2D eigenvalue weighted by Gasteiger charge is -2.14. The van der Waals surface area contributed by atoms with E-state index in [1.165, 1.54) is 18.2 Å². The topological polar surface area (TPSA) is 114 Å². The first-order valence-corrected chi connectivity index (χ1v) is 8.37. The molecular weight excluding hydrogens is 360 g/mol. The highest BCUT2D eigenvalue weighted by Gasteiger charge is 2.09. The third-order valence-corrected chi connectivity index (χ3v) is 3.74. The Morgan fingerprint density at radius 3 is 2.73 bits per heavy atom. The number of benzene rings is 2. The number of nitrogens with one attached hydrogen (secondary N) is 1. The van der Waals surface area contributed by atoms with Gasteiger partial charge in [0.25, 0.3) is 5.91 Å². The van der Waals surface area contributed by atoms with E-state index < -0.39 is 12.0 Å². The van der Waals surface area contributed by atoms with E-state index in [2.05, 4.69) is 5.32 Å². The largest absolute Gasteiger partial charge is 0.507 e. The minimum absolute atomic E-state index is 0.00241. The molecule has 7 nitrogen and oxygen atoms in total. The summed E-state index contributed by atoms with van der Waals surface area (Å²) in [4.78, 5) is 11.2. The van der Waals surface area contributed by atoms with E-state index in [-0.39, 0.29) is 17.9 Å². The summed E-state index contributed by atoms with van der Waals surface area (Å²) in [6.07, 6.45) is -0.707. The van der Waals surface area contributed by atoms with Gasteiger partial charge in [0, 0.05) is 13.1 Å². The molecule has 8 heteroatoms. The van der Waals surface area contributed by atoms with Gasteiger partial charge in [-0.2, -0.15) is 0 Å². The van der Waals surface area contributed by atoms with E-state index in [0.29, 0.717) is 36.2 Å². The van der Waals surface area contributed by atoms with Gasteiger partial charge in [-0.3, -0.25) is 4.79 Å². The number of rotatable bonds is 10. The number of carbonyl (C=O) groups is 1. The van der Waals surface area contributed by atoms with Crippen molar-refractivity contribution in [1.82, 2.24) is 5.32 Å². The number of hydrogen-bond donors (Lipinski definition) is 4. The van der Waals surface area contributed by atoms with Crippen LogP contribution in [0.3, 0.4) is 0 Å². The van der Waals surface area contributed by atoms with Crippen LogP contribution in [0.5, 0.6) is 17.2 Å². The molecular formula is C18H21ClN2O5. The van der Waals surface area contributed by atoms with Gasteiger partial charge < -0.3 is 30.7 Å². The number of carbonyl (C=O) groups excluding carboxylic acids is 1. The summed E-state index contributed by atoms with van der Waals surface area (Å²) in [7, 11) is 0. The lowest BCUT2D eigenvalue weighted by molar-refractivity contribution is 0.0996. The predicted molar refractivity (Wildman–Crippen MR) is 97.9 cm³/mol. The van der Waals surface area contributed by atoms with Crippen LogP contribution in [0.2, 0.25) is 5.02 Å². The molecule has 140 valence electrons. The fourth-order valence-corrected chi connectivity index (χ4v) is 2.31. The van der Waals surface area contributed by atoms with E-state index >= 15 is 0 Å². The van der Waals surface area contributed by atoms with Crippen molar-refractivity contribution in [2.45, 2.75) is 6.10 Å². The van der Waals surface area contributed by atoms with Crippen LogP contribution < -0.4 is 20.5 Å². The maximum Gasteiger partial charge on any atom is 0.252 e. The van der Waals surface area contributed by atoms with Crippen LogP contribution in [0, 0.1) is 0 Å². The van der Waals surface area contributed by atoms with E-state index in [1.807, 2.05) is 0 Å². The van der Waals surface area contributed by atoms with Crippen LogP contribution in [0.25, 0.3) is 0 Å². The Morgan fingerprint density at radius 2 is 2.00 bits per heavy atom. The van der Waals surface area contributed by atoms with Crippen LogP contribution in [0.4, 0.5) is 0 Å². The van der Waals surface area contributed by atoms with Gasteiger partial charge in [0.15, 0.2) is 0 Å². The molecule has 5 N–H and O–H groups in total. The Morgan fingerprint density at radius 1 is 1.23 bits per heavy atom. The monoisotopic (exact) mass is 380 g/mol. The van der Waals surface area contributed by atoms with Gasteiger partial charge in [0.2, 0.25) is 0 Å². The van der Waals surface area contributed by atoms with Gasteiger partial charge in [0.05, 0.1) is 10.6 Å². The Labute approximate surface area is 156 Å². The molecule has 0 saturated heterocycles. The van der Waals surface area contributed by atoms with Crippen molar-refractivity contribution in [3.63, 3.8) is 0 Å². The number of aliphatic hydroxyl groups is 1. The maximum atomic E-state index is 11.2. The van der Waals surface area contributed by atoms with E-state index in [0.717, 1.165) is 0 Å². The van der Waals surface area contributed by atoms with Gasteiger partial charge in [0.1, 0.15) is 36.6 Å². The molecule has 0 heterocycles. The summed E-state index contributed by atoms with van der Waals surface area (Å²) in [5.41, 5.74) is 5.16. The molecule has 0 aliphatic carbocycles. The number of aliphatic hydroxyl groups excluding tert-OH is 1. The number of amides is 1. The molecule has 1 atom stereocenters. The molecule has 0 aliphatic rings. The SMILES string of the molecule is NC(=O)c1cc(OCCNCC(O)COc2ccccc2Cl)ccc1O. The first-order chi connectivity index (χ1) is 12.5. The van der Waals surface area contributed by atoms with Gasteiger partial charge in [-0.25, -0.2) is 0 Å². The van der Waals surface area contributed by atoms with Crippen LogP contribution in [-0.2, 0) is 0 Å². The summed E-state index contributed by atoms with van der Waals surface area (Å²) in [5, 5.41) is 22.9. The molecule has 0 aromatic heterocycles. The minimum Gasteiger partial charge on any atom is -0.507 e.